The third-order valence-electron chi connectivity index (χ3n) is 2.12. The molecule has 0 atom stereocenters. The van der Waals surface area contributed by atoms with Gasteiger partial charge in [0.05, 0.1) is 0 Å². The first-order valence-corrected chi connectivity index (χ1v) is 4.61. The normalized spacial score (nSPS) is 11.5. The van der Waals surface area contributed by atoms with Crippen molar-refractivity contribution in [1.82, 2.24) is 5.16 Å². The van der Waals surface area contributed by atoms with E-state index in [0.717, 1.165) is 12.1 Å². The molecule has 0 amide bonds. The Morgan fingerprint density at radius 2 is 2.00 bits per heavy atom. The number of aromatic nitrogens is 1. The summed E-state index contributed by atoms with van der Waals surface area (Å²) in [6.07, 6.45) is -3.57. The molecule has 0 aliphatic heterocycles. The summed E-state index contributed by atoms with van der Waals surface area (Å²) < 4.78 is 41.3. The molecule has 3 nitrogen and oxygen atoms in total. The van der Waals surface area contributed by atoms with Crippen LogP contribution in [0.5, 0.6) is 0 Å². The van der Waals surface area contributed by atoms with Gasteiger partial charge in [-0.15, -0.1) is 0 Å². The topological polar surface area (TPSA) is 43.1 Å². The fourth-order valence-corrected chi connectivity index (χ4v) is 1.34. The molecule has 0 N–H and O–H groups in total. The lowest BCUT2D eigenvalue weighted by molar-refractivity contribution is -0.0885. The number of carbonyl (C=O) groups excluding carboxylic acids is 1. The molecule has 1 heterocycles. The van der Waals surface area contributed by atoms with E-state index < -0.39 is 17.5 Å². The molecule has 2 aromatic rings. The van der Waals surface area contributed by atoms with Gasteiger partial charge in [-0.3, -0.25) is 4.79 Å². The van der Waals surface area contributed by atoms with Gasteiger partial charge in [-0.05, 0) is 6.07 Å². The smallest absolute Gasteiger partial charge is 0.364 e. The first-order valence-electron chi connectivity index (χ1n) is 4.61. The van der Waals surface area contributed by atoms with Gasteiger partial charge >= 0.3 is 6.18 Å². The van der Waals surface area contributed by atoms with E-state index in [1.54, 1.807) is 6.07 Å². The van der Waals surface area contributed by atoms with Crippen LogP contribution in [0.1, 0.15) is 10.4 Å². The Labute approximate surface area is 93.8 Å². The lowest BCUT2D eigenvalue weighted by Crippen LogP contribution is -2.22. The molecular weight excluding hydrogens is 235 g/mol. The highest BCUT2D eigenvalue weighted by Gasteiger charge is 2.39. The molecule has 0 bridgehead atoms. The summed E-state index contributed by atoms with van der Waals surface area (Å²) in [6, 6.07) is 6.65. The second-order valence-corrected chi connectivity index (χ2v) is 3.29. The van der Waals surface area contributed by atoms with Crippen molar-refractivity contribution in [2.24, 2.45) is 0 Å². The average molecular weight is 241 g/mol. The van der Waals surface area contributed by atoms with Gasteiger partial charge in [0.25, 0.3) is 5.78 Å². The number of benzene rings is 1. The molecule has 88 valence electrons. The van der Waals surface area contributed by atoms with E-state index in [1.807, 2.05) is 0 Å². The molecule has 2 rings (SSSR count). The summed E-state index contributed by atoms with van der Waals surface area (Å²) in [7, 11) is 0. The monoisotopic (exact) mass is 241 g/mol. The zero-order valence-corrected chi connectivity index (χ0v) is 8.36. The molecule has 6 heteroatoms. The number of hydrogen-bond acceptors (Lipinski definition) is 3. The first kappa shape index (κ1) is 11.4. The third kappa shape index (κ3) is 2.35. The van der Waals surface area contributed by atoms with Crippen LogP contribution in [0.4, 0.5) is 13.2 Å². The molecule has 0 saturated carbocycles. The minimum Gasteiger partial charge on any atom is -0.364 e. The van der Waals surface area contributed by atoms with E-state index in [1.165, 1.54) is 18.4 Å². The predicted molar refractivity (Wildman–Crippen MR) is 52.3 cm³/mol. The molecule has 0 fully saturated rings. The van der Waals surface area contributed by atoms with E-state index in [2.05, 4.69) is 9.68 Å². The SMILES string of the molecule is O=C(c1cccc(-c2ccon2)c1)C(F)(F)F. The van der Waals surface area contributed by atoms with Gasteiger partial charge in [0.15, 0.2) is 0 Å². The number of alkyl halides is 3. The highest BCUT2D eigenvalue weighted by atomic mass is 19.4. The molecule has 0 unspecified atom stereocenters. The van der Waals surface area contributed by atoms with Crippen LogP contribution in [0.25, 0.3) is 11.3 Å². The molecule has 0 aliphatic rings. The molecule has 0 saturated heterocycles. The van der Waals surface area contributed by atoms with Crippen LogP contribution < -0.4 is 0 Å². The molecule has 0 aliphatic carbocycles. The van der Waals surface area contributed by atoms with Gasteiger partial charge in [0.1, 0.15) is 12.0 Å². The summed E-state index contributed by atoms with van der Waals surface area (Å²) in [5, 5.41) is 3.58. The Hall–Kier alpha value is -2.11. The van der Waals surface area contributed by atoms with Crippen LogP contribution in [0.3, 0.4) is 0 Å². The largest absolute Gasteiger partial charge is 0.454 e. The molecule has 0 spiro atoms. The van der Waals surface area contributed by atoms with E-state index >= 15 is 0 Å². The van der Waals surface area contributed by atoms with Gasteiger partial charge in [0.2, 0.25) is 0 Å². The van der Waals surface area contributed by atoms with Crippen molar-refractivity contribution >= 4 is 5.78 Å². The van der Waals surface area contributed by atoms with E-state index in [9.17, 15) is 18.0 Å². The van der Waals surface area contributed by atoms with E-state index in [0.29, 0.717) is 11.3 Å². The van der Waals surface area contributed by atoms with E-state index in [-0.39, 0.29) is 0 Å². The van der Waals surface area contributed by atoms with Crippen molar-refractivity contribution in [1.29, 1.82) is 0 Å². The molecule has 1 aromatic carbocycles. The number of hydrogen-bond donors (Lipinski definition) is 0. The minimum absolute atomic E-state index is 0.377. The second-order valence-electron chi connectivity index (χ2n) is 3.29. The average Bonchev–Trinajstić information content (AvgIpc) is 2.80. The fraction of sp³-hybridized carbons (Fsp3) is 0.0909. The summed E-state index contributed by atoms with van der Waals surface area (Å²) in [6.45, 7) is 0. The quantitative estimate of drug-likeness (QED) is 0.759. The number of rotatable bonds is 2. The van der Waals surface area contributed by atoms with Crippen LogP contribution in [0.15, 0.2) is 41.1 Å². The number of Topliss-reactive ketones (excluding diaryl/α,β-unsaturated/α-hetero) is 1. The second kappa shape index (κ2) is 4.04. The van der Waals surface area contributed by atoms with Gasteiger partial charge in [0, 0.05) is 17.2 Å². The maximum Gasteiger partial charge on any atom is 0.454 e. The molecular formula is C11H6F3NO2. The van der Waals surface area contributed by atoms with Crippen LogP contribution in [0.2, 0.25) is 0 Å². The maximum absolute atomic E-state index is 12.2. The highest BCUT2D eigenvalue weighted by Crippen LogP contribution is 2.24. The summed E-state index contributed by atoms with van der Waals surface area (Å²) in [5.74, 6) is -1.87. The van der Waals surface area contributed by atoms with Crippen molar-refractivity contribution in [3.63, 3.8) is 0 Å². The van der Waals surface area contributed by atoms with Crippen molar-refractivity contribution in [2.75, 3.05) is 0 Å². The standard InChI is InChI=1S/C11H6F3NO2/c12-11(13,14)10(16)8-3-1-2-7(6-8)9-4-5-17-15-9/h1-6H. The number of carbonyl (C=O) groups is 1. The summed E-state index contributed by atoms with van der Waals surface area (Å²) >= 11 is 0. The Balaban J connectivity index is 2.39. The zero-order valence-electron chi connectivity index (χ0n) is 8.36. The fourth-order valence-electron chi connectivity index (χ4n) is 1.34. The Kier molecular flexibility index (Phi) is 2.71. The highest BCUT2D eigenvalue weighted by molar-refractivity contribution is 6.01. The van der Waals surface area contributed by atoms with E-state index in [4.69, 9.17) is 0 Å². The Morgan fingerprint density at radius 3 is 2.59 bits per heavy atom. The van der Waals surface area contributed by atoms with Gasteiger partial charge in [-0.25, -0.2) is 0 Å². The van der Waals surface area contributed by atoms with Crippen molar-refractivity contribution in [3.05, 3.63) is 42.2 Å². The summed E-state index contributed by atoms with van der Waals surface area (Å²) in [4.78, 5) is 11.0. The number of ketones is 1. The van der Waals surface area contributed by atoms with Crippen LogP contribution in [0, 0.1) is 0 Å². The molecule has 0 radical (unpaired) electrons. The molecule has 17 heavy (non-hydrogen) atoms. The Bertz CT molecular complexity index is 532. The lowest BCUT2D eigenvalue weighted by atomic mass is 10.1. The van der Waals surface area contributed by atoms with Crippen molar-refractivity contribution in [2.45, 2.75) is 6.18 Å². The van der Waals surface area contributed by atoms with Crippen LogP contribution >= 0.6 is 0 Å². The van der Waals surface area contributed by atoms with Crippen molar-refractivity contribution in [3.8, 4) is 11.3 Å². The number of halogens is 3. The first-order chi connectivity index (χ1) is 7.98. The maximum atomic E-state index is 12.2. The minimum atomic E-state index is -4.87. The van der Waals surface area contributed by atoms with Gasteiger partial charge in [-0.2, -0.15) is 13.2 Å². The third-order valence-corrected chi connectivity index (χ3v) is 2.12. The van der Waals surface area contributed by atoms with Gasteiger partial charge in [-0.1, -0.05) is 23.4 Å². The summed E-state index contributed by atoms with van der Waals surface area (Å²) in [5.41, 5.74) is 0.355. The van der Waals surface area contributed by atoms with Gasteiger partial charge < -0.3 is 4.52 Å². The van der Waals surface area contributed by atoms with Crippen LogP contribution in [-0.2, 0) is 0 Å². The van der Waals surface area contributed by atoms with Crippen LogP contribution in [-0.4, -0.2) is 17.1 Å². The number of nitrogens with zero attached hydrogens (tertiary/aromatic N) is 1. The molecule has 1 aromatic heterocycles. The predicted octanol–water partition coefficient (Wildman–Crippen LogP) is 3.09. The Morgan fingerprint density at radius 1 is 1.24 bits per heavy atom. The van der Waals surface area contributed by atoms with Crippen molar-refractivity contribution < 1.29 is 22.5 Å². The zero-order chi connectivity index (χ0) is 12.5. The lowest BCUT2D eigenvalue weighted by Gasteiger charge is -2.05.